The lowest BCUT2D eigenvalue weighted by molar-refractivity contribution is -0.870. The molecule has 0 radical (unpaired) electrons. The van der Waals surface area contributed by atoms with E-state index in [1.165, 1.54) is 44.9 Å². The maximum atomic E-state index is 12.7. The number of phosphoric acid groups is 1. The molecule has 10 nitrogen and oxygen atoms in total. The van der Waals surface area contributed by atoms with Crippen molar-refractivity contribution in [2.75, 3.05) is 47.5 Å². The molecule has 1 aliphatic heterocycles. The minimum atomic E-state index is -4.65. The molecule has 1 rings (SSSR count). The fraction of sp³-hybridized carbons (Fsp3) is 0.739. The number of carbonyl (C=O) groups excluding carboxylic acids is 2. The Bertz CT molecular complexity index is 1220. The molecule has 0 aliphatic carbocycles. The van der Waals surface area contributed by atoms with Gasteiger partial charge in [0.15, 0.2) is 6.10 Å². The first-order valence-electron chi connectivity index (χ1n) is 22.1. The van der Waals surface area contributed by atoms with Crippen LogP contribution in [0.2, 0.25) is 0 Å². The first-order chi connectivity index (χ1) is 27.5. The maximum absolute atomic E-state index is 12.7. The first-order valence-corrected chi connectivity index (χ1v) is 23.6. The Morgan fingerprint density at radius 3 is 1.72 bits per heavy atom. The second-order valence-electron chi connectivity index (χ2n) is 16.1. The Kier molecular flexibility index (Phi) is 31.9. The highest BCUT2D eigenvalue weighted by atomic mass is 31.2. The SMILES string of the molecule is CCCCC/C=C\C/C=C\CCCCCCCC(=O)O[C@H](COC(=O)CCC/C=C\C/C=C\CC1OC1C/C=C\CCCCC)COP(=O)([O-])OCC[N+](C)(C)C. The summed E-state index contributed by atoms with van der Waals surface area (Å²) in [6.07, 6.45) is 42.8. The van der Waals surface area contributed by atoms with E-state index in [2.05, 4.69) is 68.5 Å². The third-order valence-corrected chi connectivity index (χ3v) is 10.4. The Labute approximate surface area is 347 Å². The van der Waals surface area contributed by atoms with Gasteiger partial charge in [-0.1, -0.05) is 120 Å². The molecule has 0 aromatic carbocycles. The standard InChI is InChI=1S/C46H80NO9P/c1-6-8-10-12-14-15-16-17-18-19-20-21-24-29-33-37-46(49)55-42(41-54-57(50,51)53-39-38-47(3,4)5)40-52-45(48)36-32-28-25-22-23-27-31-35-44-43(56-44)34-30-26-13-11-9-7-2/h14-15,17-18,22,25-27,30-31,42-44H,6-13,16,19-21,23-24,28-29,32-41H2,1-5H3/b15-14-,18-17-,25-22-,30-26-,31-27-/t42-,43?,44?/m1/s1. The smallest absolute Gasteiger partial charge is 0.306 e. The molecule has 1 aliphatic rings. The summed E-state index contributed by atoms with van der Waals surface area (Å²) in [4.78, 5) is 37.5. The van der Waals surface area contributed by atoms with Crippen molar-refractivity contribution in [3.05, 3.63) is 60.8 Å². The number of allylic oxidation sites excluding steroid dienone is 8. The molecule has 11 heteroatoms. The van der Waals surface area contributed by atoms with Crippen molar-refractivity contribution in [1.29, 1.82) is 0 Å². The molecule has 57 heavy (non-hydrogen) atoms. The minimum absolute atomic E-state index is 0.0471. The van der Waals surface area contributed by atoms with Crippen LogP contribution in [-0.2, 0) is 37.4 Å². The zero-order valence-corrected chi connectivity index (χ0v) is 37.4. The summed E-state index contributed by atoms with van der Waals surface area (Å²) >= 11 is 0. The highest BCUT2D eigenvalue weighted by Gasteiger charge is 2.36. The lowest BCUT2D eigenvalue weighted by Crippen LogP contribution is -2.37. The Morgan fingerprint density at radius 1 is 0.632 bits per heavy atom. The van der Waals surface area contributed by atoms with Crippen LogP contribution in [0.5, 0.6) is 0 Å². The van der Waals surface area contributed by atoms with Gasteiger partial charge >= 0.3 is 11.9 Å². The van der Waals surface area contributed by atoms with Crippen LogP contribution in [0.15, 0.2) is 60.8 Å². The number of ether oxygens (including phenoxy) is 3. The van der Waals surface area contributed by atoms with Crippen molar-refractivity contribution in [1.82, 2.24) is 0 Å². The van der Waals surface area contributed by atoms with E-state index in [-0.39, 0.29) is 26.1 Å². The second kappa shape index (κ2) is 34.5. The normalized spacial score (nSPS) is 17.7. The molecular formula is C46H80NO9P. The topological polar surface area (TPSA) is 124 Å². The molecule has 0 aromatic rings. The molecule has 4 atom stereocenters. The fourth-order valence-electron chi connectivity index (χ4n) is 5.78. The van der Waals surface area contributed by atoms with E-state index in [0.29, 0.717) is 36.1 Å². The Morgan fingerprint density at radius 2 is 1.12 bits per heavy atom. The van der Waals surface area contributed by atoms with Crippen molar-refractivity contribution in [3.8, 4) is 0 Å². The molecule has 0 aromatic heterocycles. The largest absolute Gasteiger partial charge is 0.756 e. The third-order valence-electron chi connectivity index (χ3n) is 9.41. The monoisotopic (exact) mass is 822 g/mol. The van der Waals surface area contributed by atoms with Gasteiger partial charge in [0.1, 0.15) is 19.8 Å². The van der Waals surface area contributed by atoms with Crippen molar-refractivity contribution < 1.29 is 46.8 Å². The van der Waals surface area contributed by atoms with Crippen molar-refractivity contribution in [2.24, 2.45) is 0 Å². The van der Waals surface area contributed by atoms with Gasteiger partial charge in [0.05, 0.1) is 40.0 Å². The van der Waals surface area contributed by atoms with Crippen molar-refractivity contribution in [2.45, 2.75) is 173 Å². The van der Waals surface area contributed by atoms with Gasteiger partial charge in [0.2, 0.25) is 0 Å². The van der Waals surface area contributed by atoms with Gasteiger partial charge in [-0.15, -0.1) is 0 Å². The van der Waals surface area contributed by atoms with E-state index in [0.717, 1.165) is 70.6 Å². The molecule has 1 heterocycles. The molecule has 328 valence electrons. The van der Waals surface area contributed by atoms with Gasteiger partial charge in [-0.25, -0.2) is 0 Å². The van der Waals surface area contributed by atoms with Gasteiger partial charge in [0, 0.05) is 12.8 Å². The van der Waals surface area contributed by atoms with Crippen LogP contribution >= 0.6 is 7.82 Å². The summed E-state index contributed by atoms with van der Waals surface area (Å²) in [5, 5.41) is 0. The molecule has 1 saturated heterocycles. The average molecular weight is 822 g/mol. The molecule has 0 amide bonds. The third kappa shape index (κ3) is 35.3. The number of esters is 2. The highest BCUT2D eigenvalue weighted by Crippen LogP contribution is 2.38. The van der Waals surface area contributed by atoms with Gasteiger partial charge in [-0.3, -0.25) is 14.2 Å². The molecule has 3 unspecified atom stereocenters. The number of hydrogen-bond donors (Lipinski definition) is 0. The van der Waals surface area contributed by atoms with Gasteiger partial charge in [0.25, 0.3) is 7.82 Å². The molecule has 0 N–H and O–H groups in total. The van der Waals surface area contributed by atoms with Crippen LogP contribution in [0.25, 0.3) is 0 Å². The lowest BCUT2D eigenvalue weighted by Gasteiger charge is -2.28. The van der Waals surface area contributed by atoms with Crippen LogP contribution in [-0.4, -0.2) is 82.2 Å². The fourth-order valence-corrected chi connectivity index (χ4v) is 6.50. The molecule has 1 fully saturated rings. The van der Waals surface area contributed by atoms with Crippen LogP contribution in [0, 0.1) is 0 Å². The summed E-state index contributed by atoms with van der Waals surface area (Å²) in [5.74, 6) is -0.927. The van der Waals surface area contributed by atoms with E-state index in [4.69, 9.17) is 23.3 Å². The number of unbranched alkanes of at least 4 members (excludes halogenated alkanes) is 12. The first kappa shape index (κ1) is 52.7. The number of likely N-dealkylation sites (N-methyl/N-ethyl adjacent to an activating group) is 1. The minimum Gasteiger partial charge on any atom is -0.756 e. The summed E-state index contributed by atoms with van der Waals surface area (Å²) in [7, 11) is 1.11. The van der Waals surface area contributed by atoms with E-state index in [1.807, 2.05) is 27.2 Å². The Balaban J connectivity index is 2.34. The quantitative estimate of drug-likeness (QED) is 0.0149. The van der Waals surface area contributed by atoms with E-state index in [1.54, 1.807) is 0 Å². The van der Waals surface area contributed by atoms with E-state index in [9.17, 15) is 19.0 Å². The van der Waals surface area contributed by atoms with Crippen molar-refractivity contribution in [3.63, 3.8) is 0 Å². The molecular weight excluding hydrogens is 741 g/mol. The van der Waals surface area contributed by atoms with Crippen LogP contribution in [0.4, 0.5) is 0 Å². The van der Waals surface area contributed by atoms with Crippen molar-refractivity contribution >= 4 is 19.8 Å². The van der Waals surface area contributed by atoms with E-state index >= 15 is 0 Å². The number of epoxide rings is 1. The highest BCUT2D eigenvalue weighted by molar-refractivity contribution is 7.45. The lowest BCUT2D eigenvalue weighted by atomic mass is 10.1. The zero-order chi connectivity index (χ0) is 41.9. The average Bonchev–Trinajstić information content (AvgIpc) is 3.92. The number of hydrogen-bond acceptors (Lipinski definition) is 9. The maximum Gasteiger partial charge on any atom is 0.306 e. The number of nitrogens with zero attached hydrogens (tertiary/aromatic N) is 1. The number of carbonyl (C=O) groups is 2. The second-order valence-corrected chi connectivity index (χ2v) is 17.5. The number of quaternary nitrogens is 1. The van der Waals surface area contributed by atoms with Gasteiger partial charge < -0.3 is 32.6 Å². The number of rotatable bonds is 38. The molecule has 0 saturated carbocycles. The predicted octanol–water partition coefficient (Wildman–Crippen LogP) is 10.8. The molecule has 0 bridgehead atoms. The number of phosphoric ester groups is 1. The van der Waals surface area contributed by atoms with Crippen LogP contribution in [0.3, 0.4) is 0 Å². The summed E-state index contributed by atoms with van der Waals surface area (Å²) < 4.78 is 39.6. The van der Waals surface area contributed by atoms with Gasteiger partial charge in [-0.05, 0) is 83.5 Å². The summed E-state index contributed by atoms with van der Waals surface area (Å²) in [5.41, 5.74) is 0. The van der Waals surface area contributed by atoms with E-state index < -0.39 is 32.5 Å². The van der Waals surface area contributed by atoms with Crippen LogP contribution < -0.4 is 4.89 Å². The Hall–Kier alpha value is -2.33. The molecule has 0 spiro atoms. The zero-order valence-electron chi connectivity index (χ0n) is 36.5. The predicted molar refractivity (Wildman–Crippen MR) is 231 cm³/mol. The van der Waals surface area contributed by atoms with Gasteiger partial charge in [-0.2, -0.15) is 0 Å². The summed E-state index contributed by atoms with van der Waals surface area (Å²) in [6, 6.07) is 0. The van der Waals surface area contributed by atoms with Crippen LogP contribution in [0.1, 0.15) is 155 Å². The summed E-state index contributed by atoms with van der Waals surface area (Å²) in [6.45, 7) is 4.06.